The monoisotopic (exact) mass is 536 g/mol. The number of benzene rings is 3. The van der Waals surface area contributed by atoms with Crippen molar-refractivity contribution in [3.05, 3.63) is 99.3 Å². The van der Waals surface area contributed by atoms with Crippen LogP contribution in [0, 0.1) is 5.82 Å². The first kappa shape index (κ1) is 24.3. The Bertz CT molecular complexity index is 1340. The largest absolute Gasteiger partial charge is 0.490 e. The number of amides is 2. The van der Waals surface area contributed by atoms with Crippen molar-refractivity contribution in [2.24, 2.45) is 5.10 Å². The number of imide groups is 1. The van der Waals surface area contributed by atoms with E-state index in [4.69, 9.17) is 9.47 Å². The minimum atomic E-state index is -0.509. The molecule has 0 fully saturated rings. The number of hydrogen-bond donors (Lipinski definition) is 0. The number of hydrogen-bond acceptors (Lipinski definition) is 5. The summed E-state index contributed by atoms with van der Waals surface area (Å²) in [5.74, 6) is -0.507. The molecular formula is C27H22BrFN2O4. The Hall–Kier alpha value is -3.78. The zero-order chi connectivity index (χ0) is 24.9. The molecule has 35 heavy (non-hydrogen) atoms. The summed E-state index contributed by atoms with van der Waals surface area (Å²) in [6.45, 7) is 3.91. The summed E-state index contributed by atoms with van der Waals surface area (Å²) in [6.07, 6.45) is 1.65. The van der Waals surface area contributed by atoms with Crippen molar-refractivity contribution >= 4 is 39.5 Å². The molecule has 6 nitrogen and oxygen atoms in total. The van der Waals surface area contributed by atoms with E-state index < -0.39 is 11.8 Å². The number of nitrogens with zero attached hydrogens (tertiary/aromatic N) is 2. The summed E-state index contributed by atoms with van der Waals surface area (Å²) >= 11 is 3.50. The van der Waals surface area contributed by atoms with Gasteiger partial charge < -0.3 is 9.47 Å². The van der Waals surface area contributed by atoms with Crippen LogP contribution in [0.5, 0.6) is 11.5 Å². The Morgan fingerprint density at radius 1 is 1.09 bits per heavy atom. The summed E-state index contributed by atoms with van der Waals surface area (Å²) in [7, 11) is 0. The second kappa shape index (κ2) is 10.7. The molecular weight excluding hydrogens is 515 g/mol. The van der Waals surface area contributed by atoms with Gasteiger partial charge in [-0.05, 0) is 71.7 Å². The summed E-state index contributed by atoms with van der Waals surface area (Å²) in [4.78, 5) is 25.8. The predicted octanol–water partition coefficient (Wildman–Crippen LogP) is 6.01. The van der Waals surface area contributed by atoms with Gasteiger partial charge in [0.05, 0.1) is 22.4 Å². The van der Waals surface area contributed by atoms with E-state index in [1.54, 1.807) is 73.7 Å². The number of carbonyl (C=O) groups is 2. The van der Waals surface area contributed by atoms with Gasteiger partial charge in [-0.25, -0.2) is 4.39 Å². The number of hydrazone groups is 1. The number of carbonyl (C=O) groups excluding carboxylic acids is 2. The van der Waals surface area contributed by atoms with Crippen molar-refractivity contribution in [3.63, 3.8) is 0 Å². The third-order valence-corrected chi connectivity index (χ3v) is 5.84. The molecule has 178 valence electrons. The Morgan fingerprint density at radius 2 is 1.80 bits per heavy atom. The van der Waals surface area contributed by atoms with E-state index >= 15 is 0 Å². The fraction of sp³-hybridized carbons (Fsp3) is 0.148. The van der Waals surface area contributed by atoms with Gasteiger partial charge in [-0.15, -0.1) is 0 Å². The van der Waals surface area contributed by atoms with Gasteiger partial charge >= 0.3 is 0 Å². The Labute approximate surface area is 210 Å². The van der Waals surface area contributed by atoms with Crippen LogP contribution in [-0.4, -0.2) is 29.1 Å². The molecule has 0 aromatic heterocycles. The fourth-order valence-electron chi connectivity index (χ4n) is 3.53. The normalized spacial score (nSPS) is 14.3. The molecule has 2 amide bonds. The van der Waals surface area contributed by atoms with E-state index in [0.717, 1.165) is 5.01 Å². The van der Waals surface area contributed by atoms with Crippen molar-refractivity contribution in [1.29, 1.82) is 0 Å². The molecule has 0 N–H and O–H groups in total. The van der Waals surface area contributed by atoms with Gasteiger partial charge in [0.2, 0.25) is 0 Å². The molecule has 0 spiro atoms. The van der Waals surface area contributed by atoms with Gasteiger partial charge in [0.1, 0.15) is 12.4 Å². The molecule has 3 aromatic rings. The smallest absolute Gasteiger partial charge is 0.283 e. The van der Waals surface area contributed by atoms with Crippen molar-refractivity contribution < 1.29 is 23.5 Å². The van der Waals surface area contributed by atoms with E-state index in [9.17, 15) is 14.0 Å². The lowest BCUT2D eigenvalue weighted by Gasteiger charge is -2.15. The van der Waals surface area contributed by atoms with Crippen molar-refractivity contribution in [3.8, 4) is 11.5 Å². The Morgan fingerprint density at radius 3 is 2.51 bits per heavy atom. The van der Waals surface area contributed by atoms with Gasteiger partial charge in [-0.2, -0.15) is 10.1 Å². The molecule has 8 heteroatoms. The van der Waals surface area contributed by atoms with Crippen LogP contribution in [0.3, 0.4) is 0 Å². The molecule has 0 bridgehead atoms. The van der Waals surface area contributed by atoms with Gasteiger partial charge in [0, 0.05) is 11.1 Å². The van der Waals surface area contributed by atoms with Crippen molar-refractivity contribution in [1.82, 2.24) is 5.01 Å². The predicted molar refractivity (Wildman–Crippen MR) is 135 cm³/mol. The minimum absolute atomic E-state index is 0.0204. The highest BCUT2D eigenvalue weighted by Gasteiger charge is 2.33. The molecule has 0 atom stereocenters. The van der Waals surface area contributed by atoms with E-state index in [0.29, 0.717) is 50.6 Å². The maximum atomic E-state index is 14.0. The summed E-state index contributed by atoms with van der Waals surface area (Å²) in [5.41, 5.74) is 2.15. The lowest BCUT2D eigenvalue weighted by atomic mass is 10.1. The second-order valence-electron chi connectivity index (χ2n) is 7.67. The molecule has 0 saturated heterocycles. The molecule has 1 aliphatic rings. The van der Waals surface area contributed by atoms with Gasteiger partial charge in [-0.3, -0.25) is 9.59 Å². The summed E-state index contributed by atoms with van der Waals surface area (Å²) in [6, 6.07) is 18.4. The lowest BCUT2D eigenvalue weighted by molar-refractivity contribution is -0.123. The first-order valence-electron chi connectivity index (χ1n) is 10.9. The third kappa shape index (κ3) is 5.33. The molecule has 0 saturated carbocycles. The van der Waals surface area contributed by atoms with Crippen LogP contribution in [0.25, 0.3) is 6.08 Å². The molecule has 0 aliphatic carbocycles. The van der Waals surface area contributed by atoms with Crippen molar-refractivity contribution in [2.75, 3.05) is 6.61 Å². The minimum Gasteiger partial charge on any atom is -0.490 e. The highest BCUT2D eigenvalue weighted by Crippen LogP contribution is 2.38. The van der Waals surface area contributed by atoms with E-state index in [1.165, 1.54) is 6.07 Å². The SMILES string of the molecule is CCOc1cc(/C=C2/C(=O)N(C(=O)c3ccccc3)N=C2C)cc(Br)c1OCc1ccccc1F. The molecule has 3 aromatic carbocycles. The zero-order valence-corrected chi connectivity index (χ0v) is 20.7. The van der Waals surface area contributed by atoms with Crippen LogP contribution >= 0.6 is 15.9 Å². The molecule has 0 unspecified atom stereocenters. The van der Waals surface area contributed by atoms with Crippen LogP contribution in [0.15, 0.2) is 81.9 Å². The second-order valence-corrected chi connectivity index (χ2v) is 8.53. The van der Waals surface area contributed by atoms with Gasteiger partial charge in [0.15, 0.2) is 11.5 Å². The summed E-state index contributed by atoms with van der Waals surface area (Å²) < 4.78 is 26.2. The highest BCUT2D eigenvalue weighted by molar-refractivity contribution is 9.10. The lowest BCUT2D eigenvalue weighted by Crippen LogP contribution is -2.29. The van der Waals surface area contributed by atoms with E-state index in [2.05, 4.69) is 21.0 Å². The summed E-state index contributed by atoms with van der Waals surface area (Å²) in [5, 5.41) is 5.05. The van der Waals surface area contributed by atoms with Gasteiger partial charge in [0.25, 0.3) is 11.8 Å². The number of ether oxygens (including phenoxy) is 2. The van der Waals surface area contributed by atoms with E-state index in [1.807, 2.05) is 6.92 Å². The van der Waals surface area contributed by atoms with Crippen LogP contribution in [0.4, 0.5) is 4.39 Å². The molecule has 1 heterocycles. The fourth-order valence-corrected chi connectivity index (χ4v) is 4.11. The van der Waals surface area contributed by atoms with Crippen LogP contribution in [0.2, 0.25) is 0 Å². The van der Waals surface area contributed by atoms with Gasteiger partial charge in [-0.1, -0.05) is 36.4 Å². The number of rotatable bonds is 7. The average molecular weight is 537 g/mol. The van der Waals surface area contributed by atoms with Crippen LogP contribution < -0.4 is 9.47 Å². The maximum Gasteiger partial charge on any atom is 0.283 e. The quantitative estimate of drug-likeness (QED) is 0.274. The first-order chi connectivity index (χ1) is 16.9. The topological polar surface area (TPSA) is 68.2 Å². The third-order valence-electron chi connectivity index (χ3n) is 5.25. The Balaban J connectivity index is 1.60. The average Bonchev–Trinajstić information content (AvgIpc) is 3.13. The first-order valence-corrected chi connectivity index (χ1v) is 11.7. The molecule has 0 radical (unpaired) electrons. The molecule has 4 rings (SSSR count). The highest BCUT2D eigenvalue weighted by atomic mass is 79.9. The van der Waals surface area contributed by atoms with E-state index in [-0.39, 0.29) is 12.4 Å². The van der Waals surface area contributed by atoms with Crippen LogP contribution in [0.1, 0.15) is 35.3 Å². The Kier molecular flexibility index (Phi) is 7.41. The van der Waals surface area contributed by atoms with Crippen LogP contribution in [-0.2, 0) is 11.4 Å². The van der Waals surface area contributed by atoms with Crippen molar-refractivity contribution in [2.45, 2.75) is 20.5 Å². The maximum absolute atomic E-state index is 14.0. The molecule has 1 aliphatic heterocycles. The standard InChI is InChI=1S/C27H22BrFN2O4/c1-3-34-24-15-18(14-22(28)25(24)35-16-20-11-7-8-12-23(20)29)13-21-17(2)30-31(27(21)33)26(32)19-9-5-4-6-10-19/h4-15H,3,16H2,1-2H3/b21-13+. The number of halogens is 2. The zero-order valence-electron chi connectivity index (χ0n) is 19.1.